The summed E-state index contributed by atoms with van der Waals surface area (Å²) in [5.41, 5.74) is 2.57. The van der Waals surface area contributed by atoms with Crippen molar-refractivity contribution in [2.24, 2.45) is 0 Å². The van der Waals surface area contributed by atoms with Crippen molar-refractivity contribution in [2.75, 3.05) is 0 Å². The number of benzene rings is 1. The Hall–Kier alpha value is 0.0464. The molecule has 0 spiro atoms. The molecule has 0 unspecified atom stereocenters. The molecule has 0 amide bonds. The molecule has 0 N–H and O–H groups in total. The van der Waals surface area contributed by atoms with Crippen molar-refractivity contribution >= 4 is 39.0 Å². The molecule has 88 valence electrons. The van der Waals surface area contributed by atoms with Crippen molar-refractivity contribution in [3.63, 3.8) is 0 Å². The number of hydrogen-bond donors (Lipinski definition) is 0. The van der Waals surface area contributed by atoms with Crippen molar-refractivity contribution in [3.05, 3.63) is 35.4 Å². The summed E-state index contributed by atoms with van der Waals surface area (Å²) in [5, 5.41) is 1.31. The van der Waals surface area contributed by atoms with E-state index in [0.29, 0.717) is 15.0 Å². The van der Waals surface area contributed by atoms with Crippen molar-refractivity contribution in [2.45, 2.75) is 37.9 Å². The van der Waals surface area contributed by atoms with Crippen LogP contribution in [0.25, 0.3) is 0 Å². The molecule has 0 radical (unpaired) electrons. The molecule has 1 aromatic rings. The number of rotatable bonds is 5. The van der Waals surface area contributed by atoms with Crippen LogP contribution >= 0.6 is 12.2 Å². The van der Waals surface area contributed by atoms with Gasteiger partial charge in [-0.2, -0.15) is 0 Å². The summed E-state index contributed by atoms with van der Waals surface area (Å²) >= 11 is 6.00. The summed E-state index contributed by atoms with van der Waals surface area (Å²) in [4.78, 5) is 0. The molecule has 0 aromatic heterocycles. The minimum absolute atomic E-state index is 0.505. The van der Waals surface area contributed by atoms with Crippen molar-refractivity contribution in [1.82, 2.24) is 0 Å². The van der Waals surface area contributed by atoms with Crippen LogP contribution in [0.15, 0.2) is 24.3 Å². The molecule has 0 heterocycles. The van der Waals surface area contributed by atoms with Gasteiger partial charge in [-0.05, 0) is 0 Å². The van der Waals surface area contributed by atoms with Crippen LogP contribution in [-0.2, 0) is 0 Å². The first-order valence-corrected chi connectivity index (χ1v) is 11.8. The normalized spacial score (nSPS) is 11.5. The summed E-state index contributed by atoms with van der Waals surface area (Å²) in [6, 6.07) is 10.0. The maximum atomic E-state index is 5.50. The first-order valence-electron chi connectivity index (χ1n) is 5.62. The summed E-state index contributed by atoms with van der Waals surface area (Å²) in [5.74, 6) is 0. The molecule has 0 saturated heterocycles. The number of hydrogen-bond acceptors (Lipinski definition) is 1. The third-order valence-corrected chi connectivity index (χ3v) is 7.68. The summed E-state index contributed by atoms with van der Waals surface area (Å²) in [6.07, 6.45) is 0. The van der Waals surface area contributed by atoms with Crippen LogP contribution in [0, 0.1) is 6.92 Å². The third-order valence-electron chi connectivity index (χ3n) is 2.37. The van der Waals surface area contributed by atoms with Gasteiger partial charge >= 0.3 is 112 Å². The van der Waals surface area contributed by atoms with Gasteiger partial charge in [0.15, 0.2) is 0 Å². The zero-order valence-corrected chi connectivity index (χ0v) is 14.1. The topological polar surface area (TPSA) is 0 Å². The van der Waals surface area contributed by atoms with E-state index in [0.717, 1.165) is 0 Å². The summed E-state index contributed by atoms with van der Waals surface area (Å²) < 4.78 is 1.19. The standard InChI is InChI=1S/C13H20SSeSi/c1-11-5-7-12(8-6-11)13(14)15-9-10-16(2,3)4/h5-8H,9-10H2,1-4H3. The predicted molar refractivity (Wildman–Crippen MR) is 81.6 cm³/mol. The van der Waals surface area contributed by atoms with Crippen LogP contribution in [0.2, 0.25) is 31.0 Å². The zero-order chi connectivity index (χ0) is 12.2. The quantitative estimate of drug-likeness (QED) is 0.581. The van der Waals surface area contributed by atoms with E-state index < -0.39 is 8.07 Å². The van der Waals surface area contributed by atoms with E-state index in [1.54, 1.807) is 0 Å². The van der Waals surface area contributed by atoms with Gasteiger partial charge in [-0.15, -0.1) is 0 Å². The second-order valence-corrected chi connectivity index (χ2v) is 14.2. The Morgan fingerprint density at radius 1 is 1.19 bits per heavy atom. The van der Waals surface area contributed by atoms with Crippen molar-refractivity contribution in [3.8, 4) is 0 Å². The van der Waals surface area contributed by atoms with Crippen LogP contribution < -0.4 is 0 Å². The Morgan fingerprint density at radius 3 is 2.25 bits per heavy atom. The van der Waals surface area contributed by atoms with Gasteiger partial charge in [-0.1, -0.05) is 0 Å². The predicted octanol–water partition coefficient (Wildman–Crippen LogP) is 4.13. The molecule has 0 saturated carbocycles. The van der Waals surface area contributed by atoms with E-state index in [2.05, 4.69) is 50.8 Å². The second kappa shape index (κ2) is 6.11. The Morgan fingerprint density at radius 2 is 1.75 bits per heavy atom. The van der Waals surface area contributed by atoms with Gasteiger partial charge in [0.05, 0.1) is 0 Å². The molecule has 0 bridgehead atoms. The summed E-state index contributed by atoms with van der Waals surface area (Å²) in [7, 11) is -0.878. The molecule has 1 aromatic carbocycles. The van der Waals surface area contributed by atoms with Crippen molar-refractivity contribution < 1.29 is 0 Å². The van der Waals surface area contributed by atoms with E-state index in [4.69, 9.17) is 12.2 Å². The molecular weight excluding hydrogens is 295 g/mol. The molecule has 0 nitrogen and oxygen atoms in total. The van der Waals surface area contributed by atoms with E-state index >= 15 is 0 Å². The van der Waals surface area contributed by atoms with E-state index in [1.807, 2.05) is 0 Å². The minimum atomic E-state index is -0.878. The molecule has 16 heavy (non-hydrogen) atoms. The Balaban J connectivity index is 2.44. The first kappa shape index (κ1) is 14.1. The van der Waals surface area contributed by atoms with Crippen LogP contribution in [0.5, 0.6) is 0 Å². The third kappa shape index (κ3) is 5.40. The Labute approximate surface area is 112 Å². The van der Waals surface area contributed by atoms with E-state index in [9.17, 15) is 0 Å². The molecular formula is C13H20SSeSi. The fraction of sp³-hybridized carbons (Fsp3) is 0.462. The average Bonchev–Trinajstić information content (AvgIpc) is 2.16. The Kier molecular flexibility index (Phi) is 5.39. The molecule has 0 fully saturated rings. The van der Waals surface area contributed by atoms with Gasteiger partial charge in [0.25, 0.3) is 0 Å². The maximum absolute atomic E-state index is 5.50. The van der Waals surface area contributed by atoms with Crippen LogP contribution in [0.1, 0.15) is 11.1 Å². The second-order valence-electron chi connectivity index (χ2n) is 5.31. The summed E-state index contributed by atoms with van der Waals surface area (Å²) in [6.45, 7) is 9.40. The van der Waals surface area contributed by atoms with Gasteiger partial charge in [0.2, 0.25) is 0 Å². The molecule has 1 rings (SSSR count). The van der Waals surface area contributed by atoms with Gasteiger partial charge in [-0.25, -0.2) is 0 Å². The fourth-order valence-corrected chi connectivity index (χ4v) is 8.03. The molecule has 0 aliphatic heterocycles. The number of aryl methyl sites for hydroxylation is 1. The van der Waals surface area contributed by atoms with Gasteiger partial charge in [0.1, 0.15) is 0 Å². The molecule has 0 atom stereocenters. The SMILES string of the molecule is Cc1ccc(C(=S)[Se]CC[Si](C)(C)C)cc1. The Bertz CT molecular complexity index is 351. The number of thiocarbonyl (C=S) groups is 1. The average molecular weight is 315 g/mol. The van der Waals surface area contributed by atoms with Crippen LogP contribution in [0.3, 0.4) is 0 Å². The molecule has 0 aliphatic rings. The van der Waals surface area contributed by atoms with Gasteiger partial charge < -0.3 is 0 Å². The van der Waals surface area contributed by atoms with Crippen LogP contribution in [0.4, 0.5) is 0 Å². The molecule has 0 aliphatic carbocycles. The zero-order valence-electron chi connectivity index (χ0n) is 10.5. The first-order chi connectivity index (χ1) is 7.38. The van der Waals surface area contributed by atoms with Crippen LogP contribution in [-0.4, -0.2) is 26.8 Å². The molecule has 3 heteroatoms. The van der Waals surface area contributed by atoms with Gasteiger partial charge in [-0.3, -0.25) is 0 Å². The van der Waals surface area contributed by atoms with Gasteiger partial charge in [0, 0.05) is 0 Å². The fourth-order valence-electron chi connectivity index (χ4n) is 1.22. The monoisotopic (exact) mass is 316 g/mol. The van der Waals surface area contributed by atoms with E-state index in [-0.39, 0.29) is 0 Å². The van der Waals surface area contributed by atoms with E-state index in [1.165, 1.54) is 26.3 Å². The van der Waals surface area contributed by atoms with Crippen molar-refractivity contribution in [1.29, 1.82) is 0 Å².